The highest BCUT2D eigenvalue weighted by atomic mass is 19.1. The number of carbonyl (C=O) groups excluding carboxylic acids is 2. The lowest BCUT2D eigenvalue weighted by atomic mass is 10.1. The molecule has 2 amide bonds. The fraction of sp³-hybridized carbons (Fsp3) is 0.385. The first-order valence-electron chi connectivity index (χ1n) is 6.12. The van der Waals surface area contributed by atoms with Crippen LogP contribution in [0.5, 0.6) is 0 Å². The van der Waals surface area contributed by atoms with Crippen molar-refractivity contribution < 1.29 is 14.0 Å². The van der Waals surface area contributed by atoms with Gasteiger partial charge >= 0.3 is 0 Å². The van der Waals surface area contributed by atoms with E-state index < -0.39 is 11.7 Å². The van der Waals surface area contributed by atoms with E-state index in [0.717, 1.165) is 18.9 Å². The van der Waals surface area contributed by atoms with Gasteiger partial charge in [-0.25, -0.2) is 4.39 Å². The van der Waals surface area contributed by atoms with Gasteiger partial charge in [0.1, 0.15) is 5.82 Å². The summed E-state index contributed by atoms with van der Waals surface area (Å²) < 4.78 is 13.5. The number of hydrogen-bond acceptors (Lipinski definition) is 3. The molecule has 2 rings (SSSR count). The highest BCUT2D eigenvalue weighted by Crippen LogP contribution is 2.32. The van der Waals surface area contributed by atoms with Crippen molar-refractivity contribution in [3.63, 3.8) is 0 Å². The van der Waals surface area contributed by atoms with Gasteiger partial charge in [0.05, 0.1) is 5.69 Å². The Hall–Kier alpha value is -1.95. The third-order valence-corrected chi connectivity index (χ3v) is 3.17. The first-order chi connectivity index (χ1) is 8.97. The van der Waals surface area contributed by atoms with Crippen LogP contribution in [0.1, 0.15) is 29.6 Å². The smallest absolute Gasteiger partial charge is 0.248 e. The molecule has 1 aliphatic carbocycles. The molecule has 0 aliphatic heterocycles. The van der Waals surface area contributed by atoms with Gasteiger partial charge in [-0.1, -0.05) is 0 Å². The summed E-state index contributed by atoms with van der Waals surface area (Å²) in [5.74, 6) is -1.25. The van der Waals surface area contributed by atoms with E-state index in [0.29, 0.717) is 5.92 Å². The van der Waals surface area contributed by atoms with Gasteiger partial charge in [-0.05, 0) is 37.0 Å². The Morgan fingerprint density at radius 1 is 1.42 bits per heavy atom. The maximum absolute atomic E-state index is 13.5. The maximum atomic E-state index is 13.5. The van der Waals surface area contributed by atoms with Crippen molar-refractivity contribution in [2.75, 3.05) is 5.32 Å². The summed E-state index contributed by atoms with van der Waals surface area (Å²) in [6.45, 7) is 0. The van der Waals surface area contributed by atoms with Crippen LogP contribution in [-0.4, -0.2) is 17.9 Å². The highest BCUT2D eigenvalue weighted by molar-refractivity contribution is 5.96. The molecule has 1 fully saturated rings. The van der Waals surface area contributed by atoms with Gasteiger partial charge in [0.15, 0.2) is 0 Å². The molecule has 1 unspecified atom stereocenters. The Balaban J connectivity index is 2.02. The zero-order valence-corrected chi connectivity index (χ0v) is 10.4. The predicted molar refractivity (Wildman–Crippen MR) is 68.9 cm³/mol. The lowest BCUT2D eigenvalue weighted by Gasteiger charge is -2.11. The van der Waals surface area contributed by atoms with Gasteiger partial charge in [0.2, 0.25) is 11.8 Å². The number of hydrogen-bond donors (Lipinski definition) is 3. The van der Waals surface area contributed by atoms with Gasteiger partial charge < -0.3 is 16.8 Å². The minimum atomic E-state index is -0.676. The lowest BCUT2D eigenvalue weighted by molar-refractivity contribution is -0.116. The summed E-state index contributed by atoms with van der Waals surface area (Å²) in [5.41, 5.74) is 11.0. The Morgan fingerprint density at radius 2 is 2.11 bits per heavy atom. The van der Waals surface area contributed by atoms with Gasteiger partial charge in [0.25, 0.3) is 0 Å². The van der Waals surface area contributed by atoms with Crippen molar-refractivity contribution in [2.24, 2.45) is 17.4 Å². The molecule has 0 bridgehead atoms. The van der Waals surface area contributed by atoms with Crippen LogP contribution >= 0.6 is 0 Å². The minimum absolute atomic E-state index is 0.0516. The van der Waals surface area contributed by atoms with E-state index in [1.54, 1.807) is 0 Å². The second-order valence-electron chi connectivity index (χ2n) is 4.81. The third-order valence-electron chi connectivity index (χ3n) is 3.17. The fourth-order valence-corrected chi connectivity index (χ4v) is 1.88. The molecule has 19 heavy (non-hydrogen) atoms. The topological polar surface area (TPSA) is 98.2 Å². The van der Waals surface area contributed by atoms with Crippen LogP contribution in [0.3, 0.4) is 0 Å². The van der Waals surface area contributed by atoms with Gasteiger partial charge in [-0.15, -0.1) is 0 Å². The zero-order chi connectivity index (χ0) is 14.0. The largest absolute Gasteiger partial charge is 0.366 e. The van der Waals surface area contributed by atoms with Crippen LogP contribution in [0.4, 0.5) is 10.1 Å². The Morgan fingerprint density at radius 3 is 2.68 bits per heavy atom. The number of amides is 2. The van der Waals surface area contributed by atoms with E-state index in [2.05, 4.69) is 5.32 Å². The van der Waals surface area contributed by atoms with Crippen molar-refractivity contribution in [2.45, 2.75) is 25.3 Å². The summed E-state index contributed by atoms with van der Waals surface area (Å²) in [7, 11) is 0. The normalized spacial score (nSPS) is 15.9. The molecule has 0 saturated heterocycles. The van der Waals surface area contributed by atoms with E-state index in [4.69, 9.17) is 11.5 Å². The summed E-state index contributed by atoms with van der Waals surface area (Å²) in [6, 6.07) is 3.39. The number of nitrogens with one attached hydrogen (secondary N) is 1. The standard InChI is InChI=1S/C13H16FN3O2/c14-9-4-3-8(13(16)19)5-11(9)17-12(18)6-10(15)7-1-2-7/h3-5,7,10H,1-2,6,15H2,(H2,16,19)(H,17,18). The molecular formula is C13H16FN3O2. The summed E-state index contributed by atoms with van der Waals surface area (Å²) in [6.07, 6.45) is 2.23. The number of rotatable bonds is 5. The number of halogens is 1. The van der Waals surface area contributed by atoms with Crippen LogP contribution in [0.25, 0.3) is 0 Å². The van der Waals surface area contributed by atoms with Crippen molar-refractivity contribution in [1.82, 2.24) is 0 Å². The monoisotopic (exact) mass is 265 g/mol. The molecule has 1 saturated carbocycles. The van der Waals surface area contributed by atoms with Crippen molar-refractivity contribution in [3.8, 4) is 0 Å². The van der Waals surface area contributed by atoms with E-state index in [1.807, 2.05) is 0 Å². The number of benzene rings is 1. The molecule has 5 N–H and O–H groups in total. The molecule has 0 heterocycles. The van der Waals surface area contributed by atoms with E-state index >= 15 is 0 Å². The predicted octanol–water partition coefficient (Wildman–Crippen LogP) is 0.990. The minimum Gasteiger partial charge on any atom is -0.366 e. The van der Waals surface area contributed by atoms with Crippen molar-refractivity contribution >= 4 is 17.5 Å². The molecule has 0 radical (unpaired) electrons. The van der Waals surface area contributed by atoms with Crippen molar-refractivity contribution in [1.29, 1.82) is 0 Å². The second kappa shape index (κ2) is 5.36. The quantitative estimate of drug-likeness (QED) is 0.740. The molecule has 1 aromatic rings. The van der Waals surface area contributed by atoms with E-state index in [1.165, 1.54) is 12.1 Å². The second-order valence-corrected chi connectivity index (χ2v) is 4.81. The number of primary amides is 1. The summed E-state index contributed by atoms with van der Waals surface area (Å²) in [5, 5.41) is 2.42. The summed E-state index contributed by atoms with van der Waals surface area (Å²) >= 11 is 0. The number of nitrogens with two attached hydrogens (primary N) is 2. The Labute approximate surface area is 110 Å². The van der Waals surface area contributed by atoms with Crippen LogP contribution in [-0.2, 0) is 4.79 Å². The summed E-state index contributed by atoms with van der Waals surface area (Å²) in [4.78, 5) is 22.7. The van der Waals surface area contributed by atoms with Gasteiger partial charge in [-0.3, -0.25) is 9.59 Å². The van der Waals surface area contributed by atoms with Gasteiger partial charge in [-0.2, -0.15) is 0 Å². The SMILES string of the molecule is NC(=O)c1ccc(F)c(NC(=O)CC(N)C2CC2)c1. The van der Waals surface area contributed by atoms with Crippen LogP contribution in [0.15, 0.2) is 18.2 Å². The zero-order valence-electron chi connectivity index (χ0n) is 10.4. The molecular weight excluding hydrogens is 249 g/mol. The first kappa shape index (κ1) is 13.5. The van der Waals surface area contributed by atoms with E-state index in [9.17, 15) is 14.0 Å². The molecule has 102 valence electrons. The number of anilines is 1. The van der Waals surface area contributed by atoms with Crippen LogP contribution in [0.2, 0.25) is 0 Å². The molecule has 0 aromatic heterocycles. The molecule has 5 nitrogen and oxygen atoms in total. The third kappa shape index (κ3) is 3.51. The van der Waals surface area contributed by atoms with Crippen molar-refractivity contribution in [3.05, 3.63) is 29.6 Å². The molecule has 6 heteroatoms. The van der Waals surface area contributed by atoms with E-state index in [-0.39, 0.29) is 29.6 Å². The maximum Gasteiger partial charge on any atom is 0.248 e. The lowest BCUT2D eigenvalue weighted by Crippen LogP contribution is -2.29. The first-order valence-corrected chi connectivity index (χ1v) is 6.12. The fourth-order valence-electron chi connectivity index (χ4n) is 1.88. The Bertz CT molecular complexity index is 515. The number of carbonyl (C=O) groups is 2. The molecule has 1 aromatic carbocycles. The average molecular weight is 265 g/mol. The van der Waals surface area contributed by atoms with Crippen LogP contribution < -0.4 is 16.8 Å². The molecule has 1 aliphatic rings. The van der Waals surface area contributed by atoms with Gasteiger partial charge in [0, 0.05) is 18.0 Å². The average Bonchev–Trinajstić information content (AvgIpc) is 3.15. The molecule has 1 atom stereocenters. The van der Waals surface area contributed by atoms with Crippen LogP contribution in [0, 0.1) is 11.7 Å². The molecule has 0 spiro atoms. The highest BCUT2D eigenvalue weighted by Gasteiger charge is 2.29. The Kier molecular flexibility index (Phi) is 3.80.